The number of nitrogens with zero attached hydrogens (tertiary/aromatic N) is 3. The number of rotatable bonds is 4. The Balaban J connectivity index is 2.39. The normalized spacial score (nSPS) is 12.9. The second-order valence-electron chi connectivity index (χ2n) is 4.63. The van der Waals surface area contributed by atoms with Crippen LogP contribution in [0.5, 0.6) is 0 Å². The van der Waals surface area contributed by atoms with Crippen LogP contribution >= 0.6 is 11.5 Å². The van der Waals surface area contributed by atoms with Crippen LogP contribution < -0.4 is 5.32 Å². The van der Waals surface area contributed by atoms with Crippen molar-refractivity contribution in [1.82, 2.24) is 19.9 Å². The molecule has 0 saturated heterocycles. The lowest BCUT2D eigenvalue weighted by Gasteiger charge is -2.16. The van der Waals surface area contributed by atoms with Gasteiger partial charge in [0.15, 0.2) is 0 Å². The lowest BCUT2D eigenvalue weighted by Crippen LogP contribution is -2.18. The third-order valence-corrected chi connectivity index (χ3v) is 3.71. The van der Waals surface area contributed by atoms with Crippen molar-refractivity contribution < 1.29 is 0 Å². The molecule has 2 heterocycles. The van der Waals surface area contributed by atoms with Crippen LogP contribution in [0.1, 0.15) is 47.6 Å². The van der Waals surface area contributed by atoms with Crippen molar-refractivity contribution in [2.24, 2.45) is 0 Å². The van der Waals surface area contributed by atoms with Gasteiger partial charge in [-0.05, 0) is 43.1 Å². The SMILES string of the molecule is CNC(c1ccc(C)nc1)c1snnc1C(C)C. The summed E-state index contributed by atoms with van der Waals surface area (Å²) < 4.78 is 4.09. The monoisotopic (exact) mass is 262 g/mol. The van der Waals surface area contributed by atoms with E-state index in [1.807, 2.05) is 26.2 Å². The van der Waals surface area contributed by atoms with Gasteiger partial charge in [-0.2, -0.15) is 0 Å². The van der Waals surface area contributed by atoms with Crippen LogP contribution in [0.4, 0.5) is 0 Å². The van der Waals surface area contributed by atoms with E-state index in [0.717, 1.165) is 17.0 Å². The first-order valence-corrected chi connectivity index (χ1v) is 6.82. The van der Waals surface area contributed by atoms with Crippen molar-refractivity contribution in [2.45, 2.75) is 32.7 Å². The van der Waals surface area contributed by atoms with Gasteiger partial charge >= 0.3 is 0 Å². The molecule has 0 aliphatic carbocycles. The average Bonchev–Trinajstić information content (AvgIpc) is 2.82. The van der Waals surface area contributed by atoms with Crippen molar-refractivity contribution in [3.63, 3.8) is 0 Å². The minimum absolute atomic E-state index is 0.121. The number of nitrogens with one attached hydrogen (secondary N) is 1. The van der Waals surface area contributed by atoms with Crippen LogP contribution in [-0.4, -0.2) is 21.6 Å². The van der Waals surface area contributed by atoms with E-state index in [2.05, 4.69) is 39.8 Å². The average molecular weight is 262 g/mol. The summed E-state index contributed by atoms with van der Waals surface area (Å²) in [7, 11) is 1.95. The molecule has 0 aromatic carbocycles. The molecular weight excluding hydrogens is 244 g/mol. The van der Waals surface area contributed by atoms with Gasteiger partial charge in [0.25, 0.3) is 0 Å². The molecule has 2 aromatic heterocycles. The van der Waals surface area contributed by atoms with Gasteiger partial charge < -0.3 is 5.32 Å². The molecule has 0 amide bonds. The molecule has 0 spiro atoms. The maximum absolute atomic E-state index is 4.36. The molecule has 5 heteroatoms. The van der Waals surface area contributed by atoms with E-state index in [1.54, 1.807) is 0 Å². The minimum atomic E-state index is 0.121. The smallest absolute Gasteiger partial charge is 0.0832 e. The molecule has 0 bridgehead atoms. The molecule has 0 aliphatic heterocycles. The van der Waals surface area contributed by atoms with E-state index in [0.29, 0.717) is 5.92 Å². The van der Waals surface area contributed by atoms with Crippen molar-refractivity contribution >= 4 is 11.5 Å². The Bertz CT molecular complexity index is 504. The molecule has 96 valence electrons. The molecule has 1 unspecified atom stereocenters. The van der Waals surface area contributed by atoms with Gasteiger partial charge in [-0.25, -0.2) is 0 Å². The Morgan fingerprint density at radius 3 is 2.61 bits per heavy atom. The summed E-state index contributed by atoms with van der Waals surface area (Å²) in [5.41, 5.74) is 3.25. The first kappa shape index (κ1) is 13.1. The third-order valence-electron chi connectivity index (χ3n) is 2.91. The Morgan fingerprint density at radius 2 is 2.06 bits per heavy atom. The Labute approximate surface area is 112 Å². The largest absolute Gasteiger partial charge is 0.309 e. The summed E-state index contributed by atoms with van der Waals surface area (Å²) in [6.07, 6.45) is 1.92. The van der Waals surface area contributed by atoms with Crippen molar-refractivity contribution in [2.75, 3.05) is 7.05 Å². The van der Waals surface area contributed by atoms with Crippen LogP contribution in [0.3, 0.4) is 0 Å². The Hall–Kier alpha value is -1.33. The number of pyridine rings is 1. The highest BCUT2D eigenvalue weighted by molar-refractivity contribution is 7.05. The number of hydrogen-bond donors (Lipinski definition) is 1. The van der Waals surface area contributed by atoms with Crippen molar-refractivity contribution in [3.8, 4) is 0 Å². The summed E-state index contributed by atoms with van der Waals surface area (Å²) in [5, 5.41) is 7.56. The zero-order valence-corrected chi connectivity index (χ0v) is 12.0. The van der Waals surface area contributed by atoms with Crippen LogP contribution in [0.25, 0.3) is 0 Å². The van der Waals surface area contributed by atoms with Crippen LogP contribution in [0, 0.1) is 6.92 Å². The summed E-state index contributed by atoms with van der Waals surface area (Å²) in [6.45, 7) is 6.27. The van der Waals surface area contributed by atoms with Crippen molar-refractivity contribution in [3.05, 3.63) is 40.2 Å². The van der Waals surface area contributed by atoms with Gasteiger partial charge in [0.2, 0.25) is 0 Å². The number of aryl methyl sites for hydroxylation is 1. The Kier molecular flexibility index (Phi) is 4.04. The highest BCUT2D eigenvalue weighted by Crippen LogP contribution is 2.30. The van der Waals surface area contributed by atoms with Crippen LogP contribution in [0.15, 0.2) is 18.3 Å². The summed E-state index contributed by atoms with van der Waals surface area (Å²) >= 11 is 1.46. The predicted molar refractivity (Wildman–Crippen MR) is 73.9 cm³/mol. The van der Waals surface area contributed by atoms with Crippen LogP contribution in [0.2, 0.25) is 0 Å². The van der Waals surface area contributed by atoms with E-state index in [9.17, 15) is 0 Å². The third kappa shape index (κ3) is 2.57. The molecule has 2 rings (SSSR count). The predicted octanol–water partition coefficient (Wildman–Crippen LogP) is 2.67. The van der Waals surface area contributed by atoms with Gasteiger partial charge in [-0.1, -0.05) is 24.4 Å². The highest BCUT2D eigenvalue weighted by Gasteiger charge is 2.21. The highest BCUT2D eigenvalue weighted by atomic mass is 32.1. The van der Waals surface area contributed by atoms with Gasteiger partial charge in [-0.3, -0.25) is 4.98 Å². The van der Waals surface area contributed by atoms with Gasteiger partial charge in [0.05, 0.1) is 16.6 Å². The molecule has 0 radical (unpaired) electrons. The van der Waals surface area contributed by atoms with E-state index >= 15 is 0 Å². The molecule has 0 aliphatic rings. The van der Waals surface area contributed by atoms with E-state index in [4.69, 9.17) is 0 Å². The second kappa shape index (κ2) is 5.54. The molecule has 1 atom stereocenters. The summed E-state index contributed by atoms with van der Waals surface area (Å²) in [5.74, 6) is 0.382. The molecule has 2 aromatic rings. The zero-order valence-electron chi connectivity index (χ0n) is 11.1. The van der Waals surface area contributed by atoms with Gasteiger partial charge in [0.1, 0.15) is 0 Å². The summed E-state index contributed by atoms with van der Waals surface area (Å²) in [4.78, 5) is 5.54. The Morgan fingerprint density at radius 1 is 1.28 bits per heavy atom. The molecule has 4 nitrogen and oxygen atoms in total. The first-order valence-electron chi connectivity index (χ1n) is 6.05. The topological polar surface area (TPSA) is 50.7 Å². The summed E-state index contributed by atoms with van der Waals surface area (Å²) in [6, 6.07) is 4.26. The fourth-order valence-electron chi connectivity index (χ4n) is 1.90. The molecule has 0 saturated carbocycles. The lowest BCUT2D eigenvalue weighted by atomic mass is 10.0. The molecule has 0 fully saturated rings. The standard InChI is InChI=1S/C13H18N4S/c1-8(2)11-13(18-17-16-11)12(14-4)10-6-5-9(3)15-7-10/h5-8,12,14H,1-4H3. The van der Waals surface area contributed by atoms with Crippen LogP contribution in [-0.2, 0) is 0 Å². The maximum atomic E-state index is 4.36. The fraction of sp³-hybridized carbons (Fsp3) is 0.462. The molecule has 18 heavy (non-hydrogen) atoms. The van der Waals surface area contributed by atoms with E-state index < -0.39 is 0 Å². The molecular formula is C13H18N4S. The number of aromatic nitrogens is 3. The van der Waals surface area contributed by atoms with Crippen molar-refractivity contribution in [1.29, 1.82) is 0 Å². The van der Waals surface area contributed by atoms with E-state index in [1.165, 1.54) is 16.4 Å². The van der Waals surface area contributed by atoms with Gasteiger partial charge in [0, 0.05) is 11.9 Å². The molecule has 1 N–H and O–H groups in total. The van der Waals surface area contributed by atoms with Gasteiger partial charge in [-0.15, -0.1) is 5.10 Å². The maximum Gasteiger partial charge on any atom is 0.0832 e. The lowest BCUT2D eigenvalue weighted by molar-refractivity contribution is 0.676. The quantitative estimate of drug-likeness (QED) is 0.920. The zero-order chi connectivity index (χ0) is 13.1. The minimum Gasteiger partial charge on any atom is -0.309 e. The number of hydrogen-bond acceptors (Lipinski definition) is 5. The fourth-order valence-corrected chi connectivity index (χ4v) is 2.85. The second-order valence-corrected chi connectivity index (χ2v) is 5.42. The first-order chi connectivity index (χ1) is 8.63. The van der Waals surface area contributed by atoms with E-state index in [-0.39, 0.29) is 6.04 Å².